The zero-order valence-electron chi connectivity index (χ0n) is 22.4. The van der Waals surface area contributed by atoms with Crippen molar-refractivity contribution in [1.82, 2.24) is 34.6 Å². The number of aromatic nitrogens is 5. The first-order chi connectivity index (χ1) is 17.8. The molecular formula is C28H35N7O2. The van der Waals surface area contributed by atoms with E-state index < -0.39 is 0 Å². The van der Waals surface area contributed by atoms with Crippen LogP contribution in [-0.4, -0.2) is 73.8 Å². The highest BCUT2D eigenvalue weighted by molar-refractivity contribution is 5.83. The second-order valence-electron chi connectivity index (χ2n) is 10.0. The molecule has 0 aliphatic carbocycles. The number of nitrogens with zero attached hydrogens (tertiary/aromatic N) is 6. The molecule has 1 unspecified atom stereocenters. The Morgan fingerprint density at radius 2 is 1.97 bits per heavy atom. The fourth-order valence-corrected chi connectivity index (χ4v) is 5.21. The number of nitrogens with one attached hydrogen (secondary N) is 1. The molecule has 1 N–H and O–H groups in total. The monoisotopic (exact) mass is 501 g/mol. The predicted octanol–water partition coefficient (Wildman–Crippen LogP) is 4.53. The molecule has 0 bridgehead atoms. The SMILES string of the molecule is CCN1CCC1C(=O)N(C)[C@@H](C)c1ccc(-c2[nH]nc(-c3cc(OC)c4ncnn4c3)c2C(C)C)cc1. The van der Waals surface area contributed by atoms with E-state index >= 15 is 0 Å². The van der Waals surface area contributed by atoms with Crippen LogP contribution in [0.1, 0.15) is 57.2 Å². The Balaban J connectivity index is 1.43. The van der Waals surface area contributed by atoms with Crippen molar-refractivity contribution in [3.63, 3.8) is 0 Å². The van der Waals surface area contributed by atoms with E-state index in [1.54, 1.807) is 11.6 Å². The van der Waals surface area contributed by atoms with Gasteiger partial charge in [-0.05, 0) is 43.0 Å². The smallest absolute Gasteiger partial charge is 0.240 e. The first kappa shape index (κ1) is 25.0. The molecule has 5 rings (SSSR count). The van der Waals surface area contributed by atoms with Gasteiger partial charge >= 0.3 is 0 Å². The van der Waals surface area contributed by atoms with Gasteiger partial charge in [0.05, 0.1) is 30.6 Å². The minimum atomic E-state index is -0.00961. The van der Waals surface area contributed by atoms with Gasteiger partial charge in [0.25, 0.3) is 0 Å². The van der Waals surface area contributed by atoms with Crippen molar-refractivity contribution in [3.8, 4) is 28.3 Å². The Labute approximate surface area is 217 Å². The summed E-state index contributed by atoms with van der Waals surface area (Å²) >= 11 is 0. The largest absolute Gasteiger partial charge is 0.493 e. The van der Waals surface area contributed by atoms with E-state index in [0.717, 1.165) is 53.2 Å². The van der Waals surface area contributed by atoms with Gasteiger partial charge in [-0.1, -0.05) is 45.0 Å². The second kappa shape index (κ2) is 9.97. The number of carbonyl (C=O) groups is 1. The number of aromatic amines is 1. The lowest BCUT2D eigenvalue weighted by molar-refractivity contribution is -0.142. The molecule has 1 fully saturated rings. The Bertz CT molecular complexity index is 1400. The van der Waals surface area contributed by atoms with E-state index in [4.69, 9.17) is 9.84 Å². The van der Waals surface area contributed by atoms with Gasteiger partial charge in [-0.15, -0.1) is 0 Å². The van der Waals surface area contributed by atoms with Crippen molar-refractivity contribution in [1.29, 1.82) is 0 Å². The molecule has 1 aliphatic rings. The molecule has 4 aromatic rings. The normalized spacial score (nSPS) is 16.7. The lowest BCUT2D eigenvalue weighted by atomic mass is 9.93. The lowest BCUT2D eigenvalue weighted by Crippen LogP contribution is -2.56. The van der Waals surface area contributed by atoms with E-state index in [-0.39, 0.29) is 23.9 Å². The van der Waals surface area contributed by atoms with Gasteiger partial charge in [0.1, 0.15) is 6.33 Å². The standard InChI is InChI=1S/C28H35N7O2/c1-7-34-13-12-22(34)28(36)33(5)18(4)19-8-10-20(11-9-19)25-24(17(2)3)26(32-31-25)21-14-23(37-6)27-29-16-30-35(27)15-21/h8-11,14-18,22H,7,12-13H2,1-6H3,(H,31,32)/t18-,22?/m0/s1. The van der Waals surface area contributed by atoms with Crippen molar-refractivity contribution >= 4 is 11.6 Å². The summed E-state index contributed by atoms with van der Waals surface area (Å²) in [4.78, 5) is 21.4. The van der Waals surface area contributed by atoms with E-state index in [9.17, 15) is 4.79 Å². The van der Waals surface area contributed by atoms with Gasteiger partial charge in [-0.25, -0.2) is 9.50 Å². The summed E-state index contributed by atoms with van der Waals surface area (Å²) in [6.45, 7) is 10.5. The Hall–Kier alpha value is -3.72. The lowest BCUT2D eigenvalue weighted by Gasteiger charge is -2.42. The number of rotatable bonds is 8. The number of pyridine rings is 1. The first-order valence-corrected chi connectivity index (χ1v) is 12.9. The van der Waals surface area contributed by atoms with Crippen LogP contribution in [0.5, 0.6) is 5.75 Å². The average Bonchev–Trinajstić information content (AvgIpc) is 3.54. The number of hydrogen-bond donors (Lipinski definition) is 1. The molecule has 1 aliphatic heterocycles. The quantitative estimate of drug-likeness (QED) is 0.381. The van der Waals surface area contributed by atoms with Gasteiger partial charge in [0.15, 0.2) is 11.4 Å². The van der Waals surface area contributed by atoms with Crippen LogP contribution in [0.2, 0.25) is 0 Å². The zero-order valence-corrected chi connectivity index (χ0v) is 22.4. The average molecular weight is 502 g/mol. The van der Waals surface area contributed by atoms with Crippen LogP contribution in [0.25, 0.3) is 28.2 Å². The van der Waals surface area contributed by atoms with Crippen molar-refractivity contribution in [2.45, 2.75) is 52.1 Å². The molecule has 1 amide bonds. The summed E-state index contributed by atoms with van der Waals surface area (Å²) in [5, 5.41) is 12.3. The summed E-state index contributed by atoms with van der Waals surface area (Å²) in [5.41, 5.74) is 6.71. The van der Waals surface area contributed by atoms with Crippen LogP contribution in [0.3, 0.4) is 0 Å². The molecular weight excluding hydrogens is 466 g/mol. The maximum absolute atomic E-state index is 13.0. The van der Waals surface area contributed by atoms with Crippen LogP contribution >= 0.6 is 0 Å². The number of benzene rings is 1. The van der Waals surface area contributed by atoms with Crippen molar-refractivity contribution in [2.24, 2.45) is 0 Å². The number of fused-ring (bicyclic) bond motifs is 1. The molecule has 0 saturated carbocycles. The van der Waals surface area contributed by atoms with Crippen LogP contribution in [0.4, 0.5) is 0 Å². The fraction of sp³-hybridized carbons (Fsp3) is 0.429. The molecule has 0 radical (unpaired) electrons. The van der Waals surface area contributed by atoms with E-state index in [2.05, 4.69) is 72.0 Å². The summed E-state index contributed by atoms with van der Waals surface area (Å²) in [6.07, 6.45) is 4.38. The minimum Gasteiger partial charge on any atom is -0.493 e. The van der Waals surface area contributed by atoms with Gasteiger partial charge < -0.3 is 9.64 Å². The third-order valence-electron chi connectivity index (χ3n) is 7.65. The molecule has 1 aromatic carbocycles. The number of carbonyl (C=O) groups excluding carboxylic acids is 1. The molecule has 194 valence electrons. The Morgan fingerprint density at radius 1 is 1.22 bits per heavy atom. The Kier molecular flexibility index (Phi) is 6.72. The van der Waals surface area contributed by atoms with Crippen LogP contribution in [-0.2, 0) is 4.79 Å². The summed E-state index contributed by atoms with van der Waals surface area (Å²) in [7, 11) is 3.54. The van der Waals surface area contributed by atoms with E-state index in [0.29, 0.717) is 11.4 Å². The van der Waals surface area contributed by atoms with Gasteiger partial charge in [0, 0.05) is 30.9 Å². The van der Waals surface area contributed by atoms with Gasteiger partial charge in [0.2, 0.25) is 5.91 Å². The number of methoxy groups -OCH3 is 1. The number of H-pyrrole nitrogens is 1. The molecule has 0 spiro atoms. The van der Waals surface area contributed by atoms with Gasteiger partial charge in [-0.3, -0.25) is 14.8 Å². The number of ether oxygens (including phenoxy) is 1. The maximum Gasteiger partial charge on any atom is 0.240 e. The van der Waals surface area contributed by atoms with Gasteiger partial charge in [-0.2, -0.15) is 10.2 Å². The van der Waals surface area contributed by atoms with Crippen molar-refractivity contribution < 1.29 is 9.53 Å². The van der Waals surface area contributed by atoms with Crippen LogP contribution < -0.4 is 4.74 Å². The fourth-order valence-electron chi connectivity index (χ4n) is 5.21. The second-order valence-corrected chi connectivity index (χ2v) is 10.0. The summed E-state index contributed by atoms with van der Waals surface area (Å²) < 4.78 is 7.27. The van der Waals surface area contributed by atoms with E-state index in [1.807, 2.05) is 24.2 Å². The number of amides is 1. The zero-order chi connectivity index (χ0) is 26.3. The minimum absolute atomic E-state index is 0.00961. The topological polar surface area (TPSA) is 91.7 Å². The highest BCUT2D eigenvalue weighted by Gasteiger charge is 2.36. The number of hydrogen-bond acceptors (Lipinski definition) is 6. The molecule has 2 atom stereocenters. The van der Waals surface area contributed by atoms with Crippen molar-refractivity contribution in [2.75, 3.05) is 27.2 Å². The number of likely N-dealkylation sites (N-methyl/N-ethyl adjacent to an activating group) is 2. The first-order valence-electron chi connectivity index (χ1n) is 12.9. The van der Waals surface area contributed by atoms with E-state index in [1.165, 1.54) is 6.33 Å². The van der Waals surface area contributed by atoms with Crippen LogP contribution in [0, 0.1) is 0 Å². The summed E-state index contributed by atoms with van der Waals surface area (Å²) in [6, 6.07) is 10.4. The molecule has 37 heavy (non-hydrogen) atoms. The highest BCUT2D eigenvalue weighted by atomic mass is 16.5. The maximum atomic E-state index is 13.0. The highest BCUT2D eigenvalue weighted by Crippen LogP contribution is 2.37. The predicted molar refractivity (Wildman–Crippen MR) is 143 cm³/mol. The molecule has 1 saturated heterocycles. The van der Waals surface area contributed by atoms with Crippen LogP contribution in [0.15, 0.2) is 42.9 Å². The number of likely N-dealkylation sites (tertiary alicyclic amines) is 1. The molecule has 3 aromatic heterocycles. The molecule has 9 nitrogen and oxygen atoms in total. The Morgan fingerprint density at radius 3 is 2.59 bits per heavy atom. The van der Waals surface area contributed by atoms with Crippen molar-refractivity contribution in [3.05, 3.63) is 54.0 Å². The molecule has 9 heteroatoms. The molecule has 4 heterocycles. The third-order valence-corrected chi connectivity index (χ3v) is 7.65. The summed E-state index contributed by atoms with van der Waals surface area (Å²) in [5.74, 6) is 1.08. The third kappa shape index (κ3) is 4.37.